The highest BCUT2D eigenvalue weighted by molar-refractivity contribution is 6.06. The predicted octanol–water partition coefficient (Wildman–Crippen LogP) is 15.6. The van der Waals surface area contributed by atoms with E-state index in [2.05, 4.69) is 242 Å². The van der Waals surface area contributed by atoms with Gasteiger partial charge in [0, 0.05) is 16.8 Å². The van der Waals surface area contributed by atoms with Crippen LogP contribution in [0.3, 0.4) is 0 Å². The summed E-state index contributed by atoms with van der Waals surface area (Å²) in [5.74, 6) is 0. The Kier molecular flexibility index (Phi) is 8.56. The molecule has 0 amide bonds. The van der Waals surface area contributed by atoms with Crippen molar-refractivity contribution in [3.8, 4) is 44.5 Å². The molecule has 59 heavy (non-hydrogen) atoms. The second kappa shape index (κ2) is 14.6. The van der Waals surface area contributed by atoms with Crippen molar-refractivity contribution in [1.29, 1.82) is 0 Å². The van der Waals surface area contributed by atoms with Crippen LogP contribution in [0.5, 0.6) is 0 Å². The lowest BCUT2D eigenvalue weighted by atomic mass is 9.90. The fraction of sp³-hybridized carbons (Fsp3) is 0. The molecule has 0 saturated carbocycles. The van der Waals surface area contributed by atoms with Gasteiger partial charge in [0.1, 0.15) is 0 Å². The van der Waals surface area contributed by atoms with Crippen LogP contribution in [-0.2, 0) is 0 Å². The number of para-hydroxylation sites is 2. The van der Waals surface area contributed by atoms with Gasteiger partial charge in [-0.05, 0) is 114 Å². The fourth-order valence-electron chi connectivity index (χ4n) is 9.08. The number of anilines is 3. The van der Waals surface area contributed by atoms with Gasteiger partial charge in [0.2, 0.25) is 0 Å². The molecule has 0 spiro atoms. The minimum Gasteiger partial charge on any atom is -0.309 e. The predicted molar refractivity (Wildman–Crippen MR) is 250 cm³/mol. The number of hydrogen-bond acceptors (Lipinski definition) is 1. The monoisotopic (exact) mass is 749 g/mol. The Balaban J connectivity index is 0.978. The van der Waals surface area contributed by atoms with Gasteiger partial charge >= 0.3 is 0 Å². The SMILES string of the molecule is C(=C(c1ccccc1)c1ccc(C=C2c3ccccc3-c3ccccc3-c3ccccc32)cc1)c1ccc(N2c3ccccc3-c3ccccc3-c3ccccc32)cc1. The molecule has 0 unspecified atom stereocenters. The first kappa shape index (κ1) is 34.5. The Hall–Kier alpha value is -7.74. The van der Waals surface area contributed by atoms with Crippen LogP contribution >= 0.6 is 0 Å². The summed E-state index contributed by atoms with van der Waals surface area (Å²) in [6.45, 7) is 0. The van der Waals surface area contributed by atoms with Crippen LogP contribution in [0.2, 0.25) is 0 Å². The molecule has 2 aliphatic rings. The molecule has 0 bridgehead atoms. The maximum Gasteiger partial charge on any atom is 0.0540 e. The highest BCUT2D eigenvalue weighted by Crippen LogP contribution is 2.51. The molecule has 1 aliphatic heterocycles. The third-order valence-electron chi connectivity index (χ3n) is 11.8. The van der Waals surface area contributed by atoms with Crippen LogP contribution in [0.4, 0.5) is 17.1 Å². The van der Waals surface area contributed by atoms with Crippen molar-refractivity contribution in [2.24, 2.45) is 0 Å². The summed E-state index contributed by atoms with van der Waals surface area (Å²) in [5, 5.41) is 0. The van der Waals surface area contributed by atoms with Gasteiger partial charge in [-0.15, -0.1) is 0 Å². The van der Waals surface area contributed by atoms with Gasteiger partial charge in [-0.25, -0.2) is 0 Å². The first-order valence-corrected chi connectivity index (χ1v) is 20.3. The van der Waals surface area contributed by atoms with E-state index >= 15 is 0 Å². The van der Waals surface area contributed by atoms with Crippen LogP contribution in [0.25, 0.3) is 67.8 Å². The third kappa shape index (κ3) is 6.12. The molecule has 0 saturated heterocycles. The van der Waals surface area contributed by atoms with Crippen LogP contribution in [0.1, 0.15) is 33.4 Å². The summed E-state index contributed by atoms with van der Waals surface area (Å²) < 4.78 is 0. The molecule has 11 rings (SSSR count). The van der Waals surface area contributed by atoms with Gasteiger partial charge < -0.3 is 4.90 Å². The van der Waals surface area contributed by atoms with Crippen molar-refractivity contribution in [2.45, 2.75) is 0 Å². The van der Waals surface area contributed by atoms with Crippen LogP contribution < -0.4 is 4.90 Å². The standard InChI is InChI=1S/C58H39N/c1-2-16-42(17-3-1)55(38-41-32-36-44(37-33-41)59-57-28-14-12-26-53(57)49-22-8-9-23-50(49)54-27-13-15-29-58(54)59)43-34-30-40(31-35-43)39-56-51-24-10-6-20-47(51)45-18-4-5-19-46(45)48-21-7-11-25-52(48)56/h1-39H. The van der Waals surface area contributed by atoms with Crippen LogP contribution in [0.15, 0.2) is 224 Å². The third-order valence-corrected chi connectivity index (χ3v) is 11.8. The van der Waals surface area contributed by atoms with Gasteiger partial charge in [0.05, 0.1) is 11.4 Å². The van der Waals surface area contributed by atoms with Crippen molar-refractivity contribution in [1.82, 2.24) is 0 Å². The molecule has 0 fully saturated rings. The van der Waals surface area contributed by atoms with E-state index in [1.54, 1.807) is 0 Å². The average Bonchev–Trinajstić information content (AvgIpc) is 3.51. The normalized spacial score (nSPS) is 12.4. The fourth-order valence-corrected chi connectivity index (χ4v) is 9.08. The van der Waals surface area contributed by atoms with E-state index in [4.69, 9.17) is 0 Å². The molecule has 0 N–H and O–H groups in total. The van der Waals surface area contributed by atoms with Gasteiger partial charge in [-0.2, -0.15) is 0 Å². The van der Waals surface area contributed by atoms with E-state index in [-0.39, 0.29) is 0 Å². The van der Waals surface area contributed by atoms with E-state index in [0.717, 1.165) is 16.8 Å². The molecule has 9 aromatic carbocycles. The molecular formula is C58H39N. The zero-order valence-corrected chi connectivity index (χ0v) is 32.5. The van der Waals surface area contributed by atoms with Gasteiger partial charge in [-0.3, -0.25) is 0 Å². The highest BCUT2D eigenvalue weighted by Gasteiger charge is 2.26. The first-order valence-electron chi connectivity index (χ1n) is 20.3. The van der Waals surface area contributed by atoms with Gasteiger partial charge in [0.15, 0.2) is 0 Å². The number of benzene rings is 9. The molecule has 276 valence electrons. The van der Waals surface area contributed by atoms with Crippen molar-refractivity contribution in [3.63, 3.8) is 0 Å². The Morgan fingerprint density at radius 1 is 0.288 bits per heavy atom. The summed E-state index contributed by atoms with van der Waals surface area (Å²) >= 11 is 0. The second-order valence-corrected chi connectivity index (χ2v) is 15.2. The molecule has 1 heteroatoms. The second-order valence-electron chi connectivity index (χ2n) is 15.2. The largest absolute Gasteiger partial charge is 0.309 e. The summed E-state index contributed by atoms with van der Waals surface area (Å²) in [4.78, 5) is 2.41. The Labute approximate surface area is 346 Å². The number of rotatable bonds is 5. The summed E-state index contributed by atoms with van der Waals surface area (Å²) in [6, 6.07) is 81.5. The van der Waals surface area contributed by atoms with Gasteiger partial charge in [-0.1, -0.05) is 200 Å². The van der Waals surface area contributed by atoms with Crippen molar-refractivity contribution < 1.29 is 0 Å². The average molecular weight is 750 g/mol. The topological polar surface area (TPSA) is 3.24 Å². The van der Waals surface area contributed by atoms with E-state index < -0.39 is 0 Å². The van der Waals surface area contributed by atoms with E-state index in [0.29, 0.717) is 0 Å². The van der Waals surface area contributed by atoms with Gasteiger partial charge in [0.25, 0.3) is 0 Å². The molecular weight excluding hydrogens is 711 g/mol. The van der Waals surface area contributed by atoms with Crippen molar-refractivity contribution in [3.05, 3.63) is 258 Å². The summed E-state index contributed by atoms with van der Waals surface area (Å²) in [7, 11) is 0. The molecule has 0 aromatic heterocycles. The summed E-state index contributed by atoms with van der Waals surface area (Å²) in [6.07, 6.45) is 4.68. The Bertz CT molecular complexity index is 2940. The minimum atomic E-state index is 1.12. The first-order chi connectivity index (χ1) is 29.3. The molecule has 1 aliphatic carbocycles. The van der Waals surface area contributed by atoms with E-state index in [9.17, 15) is 0 Å². The number of fused-ring (bicyclic) bond motifs is 10. The van der Waals surface area contributed by atoms with E-state index in [1.807, 2.05) is 0 Å². The lowest BCUT2D eigenvalue weighted by Crippen LogP contribution is -2.10. The number of nitrogens with zero attached hydrogens (tertiary/aromatic N) is 1. The van der Waals surface area contributed by atoms with Crippen molar-refractivity contribution >= 4 is 40.4 Å². The summed E-state index contributed by atoms with van der Waals surface area (Å²) in [5.41, 5.74) is 23.1. The van der Waals surface area contributed by atoms with Crippen LogP contribution in [0, 0.1) is 0 Å². The molecule has 0 radical (unpaired) electrons. The molecule has 0 atom stereocenters. The highest BCUT2D eigenvalue weighted by atomic mass is 15.1. The lowest BCUT2D eigenvalue weighted by molar-refractivity contribution is 1.29. The van der Waals surface area contributed by atoms with E-state index in [1.165, 1.54) is 89.3 Å². The maximum atomic E-state index is 2.41. The van der Waals surface area contributed by atoms with Crippen LogP contribution in [-0.4, -0.2) is 0 Å². The zero-order valence-electron chi connectivity index (χ0n) is 32.5. The molecule has 1 nitrogen and oxygen atoms in total. The molecule has 1 heterocycles. The lowest BCUT2D eigenvalue weighted by Gasteiger charge is -2.27. The zero-order chi connectivity index (χ0) is 39.1. The smallest absolute Gasteiger partial charge is 0.0540 e. The quantitative estimate of drug-likeness (QED) is 0.158. The minimum absolute atomic E-state index is 1.12. The van der Waals surface area contributed by atoms with Crippen molar-refractivity contribution in [2.75, 3.05) is 4.90 Å². The Morgan fingerprint density at radius 3 is 1.14 bits per heavy atom. The molecule has 9 aromatic rings. The Morgan fingerprint density at radius 2 is 0.644 bits per heavy atom. The maximum absolute atomic E-state index is 2.41. The number of hydrogen-bond donors (Lipinski definition) is 0.